The number of hydrogen-bond donors (Lipinski definition) is 8. The Hall–Kier alpha value is -7.62. The normalized spacial score (nSPS) is 18.5. The Balaban J connectivity index is 1.88. The van der Waals surface area contributed by atoms with Crippen LogP contribution in [0.25, 0.3) is 0 Å². The molecule has 1 aromatic heterocycles. The van der Waals surface area contributed by atoms with Gasteiger partial charge in [-0.2, -0.15) is 0 Å². The lowest BCUT2D eigenvalue weighted by atomic mass is 9.92. The molecule has 0 radical (unpaired) electrons. The van der Waals surface area contributed by atoms with E-state index >= 15 is 0 Å². The molecule has 28 nitrogen and oxygen atoms in total. The summed E-state index contributed by atoms with van der Waals surface area (Å²) in [5.41, 5.74) is -0.604. The summed E-state index contributed by atoms with van der Waals surface area (Å²) in [5, 5.41) is 30.2. The minimum Gasteiger partial charge on any atom is -0.481 e. The number of nitrogens with one attached hydrogen (secondary N) is 7. The van der Waals surface area contributed by atoms with Gasteiger partial charge in [0.2, 0.25) is 29.5 Å². The third-order valence-electron chi connectivity index (χ3n) is 14.5. The SMILES string of the molecule is CC[C@H](C)[C@H](NC(=O)C(C)(C)N(C)C)C(=O)N(C)[C@H](C[C@@H](OC(C)=O)c1nc(C(=O)N[C@@H](Cc2ccc3c(c2)NC(=O)CNC(=O)C(C)NC(=O)CCOCCOCCNC(=O)C#CC(=O)NCCOCCOCCC(=O)O3)CC(C)C(=O)O)cs1)C(C)C. The number of rotatable bonds is 19. The van der Waals surface area contributed by atoms with Gasteiger partial charge in [-0.3, -0.25) is 57.6 Å². The fourth-order valence-corrected chi connectivity index (χ4v) is 9.33. The zero-order valence-corrected chi connectivity index (χ0v) is 53.9. The number of esters is 2. The van der Waals surface area contributed by atoms with Crippen LogP contribution in [-0.4, -0.2) is 208 Å². The average Bonchev–Trinajstić information content (AvgIpc) is 2.63. The van der Waals surface area contributed by atoms with E-state index in [9.17, 15) is 57.8 Å². The molecule has 0 aliphatic carbocycles. The van der Waals surface area contributed by atoms with Crippen LogP contribution < -0.4 is 42.0 Å². The third-order valence-corrected chi connectivity index (χ3v) is 15.4. The van der Waals surface area contributed by atoms with Crippen molar-refractivity contribution in [3.8, 4) is 17.6 Å². The lowest BCUT2D eigenvalue weighted by molar-refractivity contribution is -0.149. The van der Waals surface area contributed by atoms with Gasteiger partial charge in [-0.05, 0) is 77.2 Å². The van der Waals surface area contributed by atoms with E-state index in [1.165, 1.54) is 38.3 Å². The van der Waals surface area contributed by atoms with Gasteiger partial charge in [-0.25, -0.2) is 4.98 Å². The van der Waals surface area contributed by atoms with E-state index in [0.717, 1.165) is 11.3 Å². The number of amides is 8. The minimum atomic E-state index is -1.15. The number of hydrogen-bond acceptors (Lipinski definition) is 20. The van der Waals surface area contributed by atoms with Crippen molar-refractivity contribution in [1.82, 2.24) is 46.7 Å². The molecule has 0 bridgehead atoms. The topological polar surface area (TPSA) is 367 Å². The molecule has 8 amide bonds. The highest BCUT2D eigenvalue weighted by Gasteiger charge is 2.39. The van der Waals surface area contributed by atoms with Gasteiger partial charge >= 0.3 is 17.9 Å². The van der Waals surface area contributed by atoms with Crippen molar-refractivity contribution in [2.75, 3.05) is 98.9 Å². The number of carboxylic acid groups (broad SMARTS) is 1. The summed E-state index contributed by atoms with van der Waals surface area (Å²) in [7, 11) is 5.18. The fraction of sp³-hybridized carbons (Fsp3) is 0.633. The standard InChI is InChI=1S/C60H90N10O18S/c1-13-37(4)53(68-59(82)60(8,9)69(10)11)57(79)70(12)45(36(2)3)33-47(87-40(7)71)56-67-44(35-89-56)55(78)65-42(30-38(5)58(80)81)31-41-14-15-46-43(32-41)66-51(75)34-63-54(77)39(6)64-50(74)18-22-83-26-28-85-24-20-61-48(72)16-17-49(73)62-21-25-86-29-27-84-23-19-52(76)88-46/h14-15,32,35-39,42,45,47,53H,13,18-31,33-34H2,1-12H3,(H,61,72)(H,62,73)(H,63,77)(H,64,74)(H,65,78)(H,66,75)(H,68,82)(H,80,81)/t37-,38?,39?,42+,45+,47+,53-/m0/s1. The summed E-state index contributed by atoms with van der Waals surface area (Å²) in [5.74, 6) is -4.44. The number of carbonyl (C=O) groups is 11. The van der Waals surface area contributed by atoms with E-state index < -0.39 is 102 Å². The van der Waals surface area contributed by atoms with Gasteiger partial charge in [0.05, 0.1) is 83.0 Å². The molecule has 1 aliphatic heterocycles. The summed E-state index contributed by atoms with van der Waals surface area (Å²) in [6.07, 6.45) is -0.826. The summed E-state index contributed by atoms with van der Waals surface area (Å²) >= 11 is 1.04. The highest BCUT2D eigenvalue weighted by Crippen LogP contribution is 2.32. The molecule has 3 rings (SSSR count). The Morgan fingerprint density at radius 3 is 1.98 bits per heavy atom. The van der Waals surface area contributed by atoms with E-state index in [2.05, 4.69) is 54.0 Å². The zero-order chi connectivity index (χ0) is 66.4. The Morgan fingerprint density at radius 1 is 0.820 bits per heavy atom. The minimum absolute atomic E-state index is 0.00531. The zero-order valence-electron chi connectivity index (χ0n) is 53.1. The summed E-state index contributed by atoms with van der Waals surface area (Å²) in [6, 6.07) is 1.01. The van der Waals surface area contributed by atoms with E-state index in [0.29, 0.717) is 12.0 Å². The maximum atomic E-state index is 14.4. The molecule has 0 saturated carbocycles. The predicted molar refractivity (Wildman–Crippen MR) is 326 cm³/mol. The van der Waals surface area contributed by atoms with E-state index in [4.69, 9.17) is 28.4 Å². The van der Waals surface area contributed by atoms with Crippen molar-refractivity contribution in [2.45, 2.75) is 137 Å². The van der Waals surface area contributed by atoms with Crippen LogP contribution in [-0.2, 0) is 78.1 Å². The number of thiazole rings is 1. The quantitative estimate of drug-likeness (QED) is 0.0561. The number of aliphatic carboxylic acids is 1. The Kier molecular flexibility index (Phi) is 32.9. The first kappa shape index (κ1) is 75.6. The molecule has 2 heterocycles. The van der Waals surface area contributed by atoms with Crippen LogP contribution in [0.1, 0.15) is 122 Å². The van der Waals surface area contributed by atoms with Crippen molar-refractivity contribution in [3.63, 3.8) is 0 Å². The number of nitrogens with zero attached hydrogens (tertiary/aromatic N) is 3. The van der Waals surface area contributed by atoms with Crippen LogP contribution in [0.5, 0.6) is 5.75 Å². The molecular formula is C60H90N10O18S. The number of carbonyl (C=O) groups excluding carboxylic acids is 10. The molecule has 0 spiro atoms. The fourth-order valence-electron chi connectivity index (χ4n) is 8.49. The van der Waals surface area contributed by atoms with Crippen LogP contribution in [0.2, 0.25) is 0 Å². The number of ether oxygens (including phenoxy) is 6. The molecular weight excluding hydrogens is 1180 g/mol. The smallest absolute Gasteiger partial charge is 0.313 e. The number of benzene rings is 1. The second-order valence-electron chi connectivity index (χ2n) is 22.4. The van der Waals surface area contributed by atoms with Gasteiger partial charge in [-0.15, -0.1) is 11.3 Å². The molecule has 1 aromatic carbocycles. The highest BCUT2D eigenvalue weighted by molar-refractivity contribution is 7.09. The van der Waals surface area contributed by atoms with Crippen LogP contribution in [0.4, 0.5) is 5.69 Å². The summed E-state index contributed by atoms with van der Waals surface area (Å²) in [6.45, 7) is 15.4. The summed E-state index contributed by atoms with van der Waals surface area (Å²) < 4.78 is 33.2. The molecule has 29 heteroatoms. The molecule has 7 atom stereocenters. The number of likely N-dealkylation sites (N-methyl/N-ethyl adjacent to an activating group) is 2. The molecule has 8 N–H and O–H groups in total. The lowest BCUT2D eigenvalue weighted by Gasteiger charge is -2.38. The first-order valence-corrected chi connectivity index (χ1v) is 30.4. The van der Waals surface area contributed by atoms with E-state index in [1.54, 1.807) is 50.9 Å². The van der Waals surface area contributed by atoms with Crippen LogP contribution in [0, 0.1) is 29.6 Å². The molecule has 494 valence electrons. The van der Waals surface area contributed by atoms with Crippen molar-refractivity contribution >= 4 is 82.2 Å². The average molecular weight is 1270 g/mol. The Bertz CT molecular complexity index is 2800. The van der Waals surface area contributed by atoms with Gasteiger partial charge in [0, 0.05) is 69.2 Å². The second-order valence-corrected chi connectivity index (χ2v) is 23.3. The monoisotopic (exact) mass is 1270 g/mol. The van der Waals surface area contributed by atoms with Gasteiger partial charge in [-0.1, -0.05) is 47.1 Å². The van der Waals surface area contributed by atoms with Gasteiger partial charge in [0.25, 0.3) is 17.7 Å². The first-order chi connectivity index (χ1) is 42.0. The first-order valence-electron chi connectivity index (χ1n) is 29.5. The molecule has 2 aromatic rings. The van der Waals surface area contributed by atoms with Crippen molar-refractivity contribution in [1.29, 1.82) is 0 Å². The summed E-state index contributed by atoms with van der Waals surface area (Å²) in [4.78, 5) is 151. The second kappa shape index (κ2) is 38.7. The largest absolute Gasteiger partial charge is 0.481 e. The maximum absolute atomic E-state index is 14.4. The van der Waals surface area contributed by atoms with Crippen LogP contribution in [0.3, 0.4) is 0 Å². The van der Waals surface area contributed by atoms with Gasteiger partial charge < -0.3 is 75.6 Å². The maximum Gasteiger partial charge on any atom is 0.313 e. The van der Waals surface area contributed by atoms with Gasteiger partial charge in [0.15, 0.2) is 11.9 Å². The van der Waals surface area contributed by atoms with Crippen molar-refractivity contribution < 1.29 is 86.3 Å². The predicted octanol–water partition coefficient (Wildman–Crippen LogP) is 1.50. The highest BCUT2D eigenvalue weighted by atomic mass is 32.1. The molecule has 0 saturated heterocycles. The number of aromatic nitrogens is 1. The van der Waals surface area contributed by atoms with Gasteiger partial charge in [0.1, 0.15) is 22.8 Å². The van der Waals surface area contributed by atoms with Crippen molar-refractivity contribution in [2.24, 2.45) is 17.8 Å². The molecule has 1 aliphatic rings. The number of anilines is 1. The van der Waals surface area contributed by atoms with E-state index in [-0.39, 0.29) is 144 Å². The number of fused-ring (bicyclic) bond motifs is 1. The Labute approximate surface area is 524 Å². The van der Waals surface area contributed by atoms with Crippen LogP contribution >= 0.6 is 11.3 Å². The number of carboxylic acids is 1. The van der Waals surface area contributed by atoms with E-state index in [1.807, 2.05) is 27.7 Å². The third kappa shape index (κ3) is 27.3. The molecule has 0 fully saturated rings. The lowest BCUT2D eigenvalue weighted by Crippen LogP contribution is -2.60. The van der Waals surface area contributed by atoms with Crippen molar-refractivity contribution in [3.05, 3.63) is 39.8 Å². The molecule has 2 unspecified atom stereocenters. The Morgan fingerprint density at radius 2 is 1.42 bits per heavy atom. The van der Waals surface area contributed by atoms with Crippen LogP contribution in [0.15, 0.2) is 23.6 Å². The molecule has 89 heavy (non-hydrogen) atoms.